The first-order valence-corrected chi connectivity index (χ1v) is 10.4. The quantitative estimate of drug-likeness (QED) is 0.757. The molecule has 2 heterocycles. The van der Waals surface area contributed by atoms with Crippen LogP contribution in [0.3, 0.4) is 0 Å². The highest BCUT2D eigenvalue weighted by Gasteiger charge is 2.38. The molecule has 0 amide bonds. The van der Waals surface area contributed by atoms with Gasteiger partial charge >= 0.3 is 0 Å². The van der Waals surface area contributed by atoms with E-state index in [0.717, 1.165) is 15.7 Å². The summed E-state index contributed by atoms with van der Waals surface area (Å²) in [4.78, 5) is 0. The molecular formula is C17H22BrN3O2S. The van der Waals surface area contributed by atoms with Gasteiger partial charge in [-0.1, -0.05) is 41.9 Å². The summed E-state index contributed by atoms with van der Waals surface area (Å²) in [5.41, 5.74) is 1.99. The Balaban J connectivity index is 2.10. The Hall–Kier alpha value is -1.15. The van der Waals surface area contributed by atoms with Gasteiger partial charge in [-0.25, -0.2) is 0 Å². The van der Waals surface area contributed by atoms with Crippen molar-refractivity contribution < 1.29 is 8.42 Å². The van der Waals surface area contributed by atoms with Gasteiger partial charge in [-0.15, -0.1) is 0 Å². The second kappa shape index (κ2) is 7.00. The van der Waals surface area contributed by atoms with Crippen molar-refractivity contribution in [2.75, 3.05) is 19.6 Å². The van der Waals surface area contributed by atoms with E-state index in [2.05, 4.69) is 20.5 Å². The Morgan fingerprint density at radius 1 is 1.12 bits per heavy atom. The maximum absolute atomic E-state index is 13.2. The van der Waals surface area contributed by atoms with Gasteiger partial charge in [-0.3, -0.25) is 0 Å². The number of aromatic nitrogens is 1. The van der Waals surface area contributed by atoms with Crippen molar-refractivity contribution in [1.82, 2.24) is 13.2 Å². The lowest BCUT2D eigenvalue weighted by atomic mass is 10.0. The third-order valence-electron chi connectivity index (χ3n) is 4.51. The summed E-state index contributed by atoms with van der Waals surface area (Å²) in [5.74, 6) is 0. The maximum atomic E-state index is 13.2. The lowest BCUT2D eigenvalue weighted by molar-refractivity contribution is 0.271. The highest BCUT2D eigenvalue weighted by Crippen LogP contribution is 2.35. The van der Waals surface area contributed by atoms with Crippen LogP contribution >= 0.6 is 15.9 Å². The molecule has 1 aliphatic heterocycles. The van der Waals surface area contributed by atoms with Gasteiger partial charge in [-0.05, 0) is 29.8 Å². The molecule has 5 nitrogen and oxygen atoms in total. The summed E-state index contributed by atoms with van der Waals surface area (Å²) >= 11 is 3.45. The zero-order valence-corrected chi connectivity index (χ0v) is 16.3. The highest BCUT2D eigenvalue weighted by molar-refractivity contribution is 9.10. The zero-order valence-electron chi connectivity index (χ0n) is 13.9. The highest BCUT2D eigenvalue weighted by atomic mass is 79.9. The summed E-state index contributed by atoms with van der Waals surface area (Å²) in [6, 6.07) is 11.6. The molecule has 0 saturated heterocycles. The van der Waals surface area contributed by atoms with Gasteiger partial charge in [-0.2, -0.15) is 17.0 Å². The summed E-state index contributed by atoms with van der Waals surface area (Å²) in [5, 5.41) is 0. The molecule has 1 aromatic carbocycles. The number of hydrogen-bond donors (Lipinski definition) is 0. The standard InChI is InChI=1S/C17H22BrN3O2S/c1-3-20(4-2)24(22,23)21-13-12-19-11-5-6-16(19)17(21)14-7-9-15(18)10-8-14/h5-11,17H,3-4,12-13H2,1-2H3. The summed E-state index contributed by atoms with van der Waals surface area (Å²) in [6.45, 7) is 5.86. The third-order valence-corrected chi connectivity index (χ3v) is 7.19. The molecule has 1 aromatic heterocycles. The van der Waals surface area contributed by atoms with Crippen LogP contribution in [0.15, 0.2) is 47.1 Å². The number of fused-ring (bicyclic) bond motifs is 1. The van der Waals surface area contributed by atoms with Crippen LogP contribution in [0.1, 0.15) is 31.1 Å². The first kappa shape index (κ1) is 17.7. The average molecular weight is 412 g/mol. The SMILES string of the molecule is CCN(CC)S(=O)(=O)N1CCn2cccc2C1c1ccc(Br)cc1. The first-order chi connectivity index (χ1) is 11.5. The first-order valence-electron chi connectivity index (χ1n) is 8.16. The predicted octanol–water partition coefficient (Wildman–Crippen LogP) is 3.24. The van der Waals surface area contributed by atoms with Crippen LogP contribution < -0.4 is 0 Å². The number of halogens is 1. The average Bonchev–Trinajstić information content (AvgIpc) is 3.04. The molecule has 1 atom stereocenters. The van der Waals surface area contributed by atoms with Crippen LogP contribution in [-0.2, 0) is 16.8 Å². The van der Waals surface area contributed by atoms with E-state index in [1.165, 1.54) is 4.31 Å². The lowest BCUT2D eigenvalue weighted by Gasteiger charge is -2.38. The molecule has 0 spiro atoms. The van der Waals surface area contributed by atoms with Crippen LogP contribution in [-0.4, -0.2) is 41.2 Å². The predicted molar refractivity (Wildman–Crippen MR) is 99.0 cm³/mol. The topological polar surface area (TPSA) is 45.6 Å². The summed E-state index contributed by atoms with van der Waals surface area (Å²) in [6.07, 6.45) is 2.02. The Morgan fingerprint density at radius 3 is 2.42 bits per heavy atom. The van der Waals surface area contributed by atoms with Crippen LogP contribution in [0.2, 0.25) is 0 Å². The van der Waals surface area contributed by atoms with Crippen LogP contribution in [0.5, 0.6) is 0 Å². The molecule has 0 fully saturated rings. The van der Waals surface area contributed by atoms with Crippen molar-refractivity contribution in [2.24, 2.45) is 0 Å². The Bertz CT molecular complexity index is 797. The van der Waals surface area contributed by atoms with Gasteiger partial charge in [0.1, 0.15) is 0 Å². The molecule has 0 N–H and O–H groups in total. The molecule has 0 aliphatic carbocycles. The molecular weight excluding hydrogens is 390 g/mol. The van der Waals surface area contributed by atoms with Crippen LogP contribution in [0, 0.1) is 0 Å². The molecule has 1 unspecified atom stereocenters. The number of rotatable bonds is 5. The molecule has 0 bridgehead atoms. The minimum Gasteiger partial charge on any atom is -0.348 e. The molecule has 130 valence electrons. The monoisotopic (exact) mass is 411 g/mol. The fourth-order valence-electron chi connectivity index (χ4n) is 3.29. The Morgan fingerprint density at radius 2 is 1.79 bits per heavy atom. The van der Waals surface area contributed by atoms with E-state index < -0.39 is 10.2 Å². The van der Waals surface area contributed by atoms with E-state index in [0.29, 0.717) is 26.2 Å². The number of nitrogens with zero attached hydrogens (tertiary/aromatic N) is 3. The minimum absolute atomic E-state index is 0.299. The van der Waals surface area contributed by atoms with E-state index in [1.54, 1.807) is 4.31 Å². The Kier molecular flexibility index (Phi) is 5.15. The fraction of sp³-hybridized carbons (Fsp3) is 0.412. The van der Waals surface area contributed by atoms with Gasteiger partial charge in [0.15, 0.2) is 0 Å². The normalized spacial score (nSPS) is 18.8. The minimum atomic E-state index is -3.51. The van der Waals surface area contributed by atoms with Crippen molar-refractivity contribution in [3.05, 3.63) is 58.3 Å². The van der Waals surface area contributed by atoms with Gasteiger partial charge in [0.25, 0.3) is 10.2 Å². The van der Waals surface area contributed by atoms with E-state index in [1.807, 2.05) is 56.4 Å². The van der Waals surface area contributed by atoms with Crippen LogP contribution in [0.25, 0.3) is 0 Å². The summed E-state index contributed by atoms with van der Waals surface area (Å²) < 4.78 is 32.6. The van der Waals surface area contributed by atoms with Gasteiger partial charge < -0.3 is 4.57 Å². The molecule has 0 saturated carbocycles. The van der Waals surface area contributed by atoms with Gasteiger partial charge in [0.2, 0.25) is 0 Å². The van der Waals surface area contributed by atoms with Crippen molar-refractivity contribution >= 4 is 26.1 Å². The van der Waals surface area contributed by atoms with Crippen LogP contribution in [0.4, 0.5) is 0 Å². The van der Waals surface area contributed by atoms with E-state index in [-0.39, 0.29) is 6.04 Å². The zero-order chi connectivity index (χ0) is 17.3. The molecule has 2 aromatic rings. The molecule has 3 rings (SSSR count). The van der Waals surface area contributed by atoms with E-state index in [4.69, 9.17) is 0 Å². The smallest absolute Gasteiger partial charge is 0.282 e. The Labute approximate surface area is 152 Å². The molecule has 24 heavy (non-hydrogen) atoms. The van der Waals surface area contributed by atoms with Crippen molar-refractivity contribution in [2.45, 2.75) is 26.4 Å². The number of benzene rings is 1. The van der Waals surface area contributed by atoms with E-state index >= 15 is 0 Å². The van der Waals surface area contributed by atoms with Crippen molar-refractivity contribution in [1.29, 1.82) is 0 Å². The summed E-state index contributed by atoms with van der Waals surface area (Å²) in [7, 11) is -3.51. The van der Waals surface area contributed by atoms with Gasteiger partial charge in [0.05, 0.1) is 6.04 Å². The maximum Gasteiger partial charge on any atom is 0.282 e. The molecule has 1 aliphatic rings. The third kappa shape index (κ3) is 3.06. The number of hydrogen-bond acceptors (Lipinski definition) is 2. The molecule has 0 radical (unpaired) electrons. The van der Waals surface area contributed by atoms with Crippen molar-refractivity contribution in [3.63, 3.8) is 0 Å². The largest absolute Gasteiger partial charge is 0.348 e. The fourth-order valence-corrected chi connectivity index (χ4v) is 5.31. The van der Waals surface area contributed by atoms with Crippen molar-refractivity contribution in [3.8, 4) is 0 Å². The second-order valence-corrected chi connectivity index (χ2v) is 8.58. The second-order valence-electron chi connectivity index (χ2n) is 5.78. The molecule has 7 heteroatoms. The van der Waals surface area contributed by atoms with Gasteiger partial charge in [0, 0.05) is 42.5 Å². The van der Waals surface area contributed by atoms with E-state index in [9.17, 15) is 8.42 Å². The lowest BCUT2D eigenvalue weighted by Crippen LogP contribution is -2.49.